The van der Waals surface area contributed by atoms with Crippen LogP contribution < -0.4 is 5.32 Å². The molecule has 76 valence electrons. The van der Waals surface area contributed by atoms with Gasteiger partial charge in [-0.2, -0.15) is 5.26 Å². The van der Waals surface area contributed by atoms with Crippen molar-refractivity contribution in [2.75, 3.05) is 7.05 Å². The molecule has 15 heavy (non-hydrogen) atoms. The Morgan fingerprint density at radius 3 is 2.47 bits per heavy atom. The van der Waals surface area contributed by atoms with E-state index in [0.29, 0.717) is 11.1 Å². The van der Waals surface area contributed by atoms with E-state index in [1.807, 2.05) is 18.2 Å². The fourth-order valence-corrected chi connectivity index (χ4v) is 1.17. The van der Waals surface area contributed by atoms with Crippen molar-refractivity contribution >= 4 is 12.0 Å². The van der Waals surface area contributed by atoms with E-state index in [1.165, 1.54) is 0 Å². The van der Waals surface area contributed by atoms with E-state index >= 15 is 0 Å². The average molecular weight is 200 g/mol. The van der Waals surface area contributed by atoms with E-state index < -0.39 is 0 Å². The smallest absolute Gasteiger partial charge is 0.246 e. The summed E-state index contributed by atoms with van der Waals surface area (Å²) in [6, 6.07) is 9.11. The predicted molar refractivity (Wildman–Crippen MR) is 58.9 cm³/mol. The molecule has 0 fully saturated rings. The Labute approximate surface area is 89.0 Å². The molecule has 1 rings (SSSR count). The number of hydrogen-bond donors (Lipinski definition) is 1. The second-order valence-electron chi connectivity index (χ2n) is 3.14. The predicted octanol–water partition coefficient (Wildman–Crippen LogP) is 1.71. The third-order valence-electron chi connectivity index (χ3n) is 2.01. The summed E-state index contributed by atoms with van der Waals surface area (Å²) in [7, 11) is 1.60. The highest BCUT2D eigenvalue weighted by Gasteiger charge is 2.00. The molecular formula is C12H12N2O. The van der Waals surface area contributed by atoms with Crippen molar-refractivity contribution in [3.8, 4) is 6.07 Å². The van der Waals surface area contributed by atoms with Gasteiger partial charge in [-0.15, -0.1) is 0 Å². The van der Waals surface area contributed by atoms with Crippen LogP contribution in [0.4, 0.5) is 0 Å². The van der Waals surface area contributed by atoms with Crippen LogP contribution in [0.3, 0.4) is 0 Å². The fourth-order valence-electron chi connectivity index (χ4n) is 1.17. The molecule has 1 amide bonds. The van der Waals surface area contributed by atoms with Gasteiger partial charge < -0.3 is 5.32 Å². The number of likely N-dealkylation sites (N-methyl/N-ethyl adjacent to an activating group) is 1. The summed E-state index contributed by atoms with van der Waals surface area (Å²) in [5.74, 6) is -0.0978. The number of carbonyl (C=O) groups excluding carboxylic acids is 1. The van der Waals surface area contributed by atoms with Crippen molar-refractivity contribution in [2.24, 2.45) is 0 Å². The monoisotopic (exact) mass is 200 g/mol. The summed E-state index contributed by atoms with van der Waals surface area (Å²) in [5, 5.41) is 11.2. The minimum atomic E-state index is -0.0978. The van der Waals surface area contributed by atoms with Gasteiger partial charge in [-0.3, -0.25) is 4.79 Å². The summed E-state index contributed by atoms with van der Waals surface area (Å²) < 4.78 is 0. The number of carbonyl (C=O) groups is 1. The molecule has 0 bridgehead atoms. The molecule has 1 N–H and O–H groups in total. The molecule has 0 atom stereocenters. The van der Waals surface area contributed by atoms with Crippen LogP contribution >= 0.6 is 0 Å². The second-order valence-corrected chi connectivity index (χ2v) is 3.14. The Balaban J connectivity index is 2.90. The maximum absolute atomic E-state index is 11.2. The number of hydrogen-bond acceptors (Lipinski definition) is 2. The molecule has 1 aromatic carbocycles. The first-order valence-corrected chi connectivity index (χ1v) is 4.58. The maximum atomic E-state index is 11.2. The summed E-state index contributed by atoms with van der Waals surface area (Å²) in [6.07, 6.45) is 1.78. The van der Waals surface area contributed by atoms with Crippen LogP contribution in [0, 0.1) is 11.3 Å². The maximum Gasteiger partial charge on any atom is 0.246 e. The number of nitrogens with one attached hydrogen (secondary N) is 1. The normalized spacial score (nSPS) is 10.6. The summed E-state index contributed by atoms with van der Waals surface area (Å²) in [5.41, 5.74) is 2.17. The van der Waals surface area contributed by atoms with Crippen molar-refractivity contribution in [2.45, 2.75) is 6.92 Å². The minimum absolute atomic E-state index is 0.0978. The minimum Gasteiger partial charge on any atom is -0.355 e. The van der Waals surface area contributed by atoms with Gasteiger partial charge in [0.25, 0.3) is 0 Å². The van der Waals surface area contributed by atoms with E-state index in [-0.39, 0.29) is 5.91 Å². The number of rotatable bonds is 2. The molecule has 0 aliphatic heterocycles. The van der Waals surface area contributed by atoms with E-state index in [1.54, 1.807) is 32.2 Å². The van der Waals surface area contributed by atoms with Gasteiger partial charge in [-0.1, -0.05) is 12.1 Å². The zero-order valence-corrected chi connectivity index (χ0v) is 8.74. The van der Waals surface area contributed by atoms with Crippen molar-refractivity contribution < 1.29 is 4.79 Å². The van der Waals surface area contributed by atoms with Crippen LogP contribution in [0.5, 0.6) is 0 Å². The fraction of sp³-hybridized carbons (Fsp3) is 0.167. The third kappa shape index (κ3) is 2.96. The molecule has 1 aromatic rings. The average Bonchev–Trinajstić information content (AvgIpc) is 2.29. The van der Waals surface area contributed by atoms with Gasteiger partial charge in [0.2, 0.25) is 5.91 Å². The SMILES string of the molecule is CNC(=O)/C(C)=C/c1ccc(C#N)cc1. The van der Waals surface area contributed by atoms with Gasteiger partial charge in [0.15, 0.2) is 0 Å². The van der Waals surface area contributed by atoms with E-state index in [0.717, 1.165) is 5.56 Å². The largest absolute Gasteiger partial charge is 0.355 e. The number of amides is 1. The van der Waals surface area contributed by atoms with Crippen molar-refractivity contribution in [1.82, 2.24) is 5.32 Å². The molecule has 0 aliphatic rings. The first kappa shape index (κ1) is 11.0. The Morgan fingerprint density at radius 2 is 2.00 bits per heavy atom. The van der Waals surface area contributed by atoms with Crippen molar-refractivity contribution in [3.05, 3.63) is 41.0 Å². The first-order chi connectivity index (χ1) is 7.17. The molecule has 3 nitrogen and oxygen atoms in total. The number of nitrogens with zero attached hydrogens (tertiary/aromatic N) is 1. The lowest BCUT2D eigenvalue weighted by Crippen LogP contribution is -2.18. The Kier molecular flexibility index (Phi) is 3.64. The van der Waals surface area contributed by atoms with Gasteiger partial charge in [0.1, 0.15) is 0 Å². The van der Waals surface area contributed by atoms with Gasteiger partial charge >= 0.3 is 0 Å². The number of benzene rings is 1. The van der Waals surface area contributed by atoms with E-state index in [4.69, 9.17) is 5.26 Å². The van der Waals surface area contributed by atoms with Crippen LogP contribution in [0.25, 0.3) is 6.08 Å². The van der Waals surface area contributed by atoms with Crippen LogP contribution in [-0.2, 0) is 4.79 Å². The lowest BCUT2D eigenvalue weighted by molar-refractivity contribution is -0.116. The van der Waals surface area contributed by atoms with Gasteiger partial charge in [0.05, 0.1) is 11.6 Å². The molecule has 0 unspecified atom stereocenters. The second kappa shape index (κ2) is 4.97. The Hall–Kier alpha value is -2.08. The quantitative estimate of drug-likeness (QED) is 0.739. The molecule has 0 saturated carbocycles. The van der Waals surface area contributed by atoms with Crippen LogP contribution in [0.1, 0.15) is 18.1 Å². The van der Waals surface area contributed by atoms with E-state index in [9.17, 15) is 4.79 Å². The standard InChI is InChI=1S/C12H12N2O/c1-9(12(15)14-2)7-10-3-5-11(8-13)6-4-10/h3-7H,1-2H3,(H,14,15)/b9-7+. The lowest BCUT2D eigenvalue weighted by atomic mass is 10.1. The molecule has 0 saturated heterocycles. The molecule has 0 heterocycles. The van der Waals surface area contributed by atoms with Crippen LogP contribution in [0.2, 0.25) is 0 Å². The van der Waals surface area contributed by atoms with Crippen molar-refractivity contribution in [3.63, 3.8) is 0 Å². The molecule has 0 aromatic heterocycles. The van der Waals surface area contributed by atoms with Gasteiger partial charge in [0, 0.05) is 12.6 Å². The van der Waals surface area contributed by atoms with Gasteiger partial charge in [-0.25, -0.2) is 0 Å². The highest BCUT2D eigenvalue weighted by atomic mass is 16.1. The van der Waals surface area contributed by atoms with E-state index in [2.05, 4.69) is 5.32 Å². The van der Waals surface area contributed by atoms with Gasteiger partial charge in [-0.05, 0) is 30.7 Å². The zero-order valence-electron chi connectivity index (χ0n) is 8.74. The molecular weight excluding hydrogens is 188 g/mol. The summed E-state index contributed by atoms with van der Waals surface area (Å²) in [6.45, 7) is 1.75. The highest BCUT2D eigenvalue weighted by molar-refractivity contribution is 5.96. The molecule has 0 radical (unpaired) electrons. The number of nitriles is 1. The summed E-state index contributed by atoms with van der Waals surface area (Å²) >= 11 is 0. The topological polar surface area (TPSA) is 52.9 Å². The molecule has 0 aliphatic carbocycles. The first-order valence-electron chi connectivity index (χ1n) is 4.58. The van der Waals surface area contributed by atoms with Crippen LogP contribution in [-0.4, -0.2) is 13.0 Å². The zero-order chi connectivity index (χ0) is 11.3. The Morgan fingerprint density at radius 1 is 1.40 bits per heavy atom. The lowest BCUT2D eigenvalue weighted by Gasteiger charge is -1.99. The summed E-state index contributed by atoms with van der Waals surface area (Å²) in [4.78, 5) is 11.2. The van der Waals surface area contributed by atoms with Crippen LogP contribution in [0.15, 0.2) is 29.8 Å². The molecule has 3 heteroatoms. The highest BCUT2D eigenvalue weighted by Crippen LogP contribution is 2.08. The van der Waals surface area contributed by atoms with Crippen molar-refractivity contribution in [1.29, 1.82) is 5.26 Å². The Bertz CT molecular complexity index is 424. The molecule has 0 spiro atoms. The third-order valence-corrected chi connectivity index (χ3v) is 2.01.